The summed E-state index contributed by atoms with van der Waals surface area (Å²) in [5.41, 5.74) is 1.36. The van der Waals surface area contributed by atoms with E-state index < -0.39 is 0 Å². The first-order valence-electron chi connectivity index (χ1n) is 6.44. The van der Waals surface area contributed by atoms with Crippen LogP contribution in [0.1, 0.15) is 23.3 Å². The number of carbonyl (C=O) groups is 1. The van der Waals surface area contributed by atoms with Crippen LogP contribution in [0.25, 0.3) is 0 Å². The fourth-order valence-electron chi connectivity index (χ4n) is 2.13. The Morgan fingerprint density at radius 2 is 2.22 bits per heavy atom. The van der Waals surface area contributed by atoms with Crippen molar-refractivity contribution in [1.82, 2.24) is 15.2 Å². The van der Waals surface area contributed by atoms with E-state index in [-0.39, 0.29) is 5.91 Å². The molecule has 0 aliphatic carbocycles. The summed E-state index contributed by atoms with van der Waals surface area (Å²) in [6, 6.07) is 3.59. The summed E-state index contributed by atoms with van der Waals surface area (Å²) in [5.74, 6) is -0.105. The van der Waals surface area contributed by atoms with E-state index in [0.29, 0.717) is 12.2 Å². The molecule has 1 aromatic rings. The van der Waals surface area contributed by atoms with Crippen molar-refractivity contribution >= 4 is 11.6 Å². The number of hydrogen-bond acceptors (Lipinski definition) is 4. The zero-order valence-corrected chi connectivity index (χ0v) is 10.8. The lowest BCUT2D eigenvalue weighted by Crippen LogP contribution is -2.33. The van der Waals surface area contributed by atoms with Crippen molar-refractivity contribution in [3.05, 3.63) is 24.0 Å². The van der Waals surface area contributed by atoms with Crippen LogP contribution < -0.4 is 10.6 Å². The Hall–Kier alpha value is -1.62. The van der Waals surface area contributed by atoms with Crippen LogP contribution >= 0.6 is 0 Å². The molecule has 1 aliphatic rings. The average Bonchev–Trinajstić information content (AvgIpc) is 2.92. The molecule has 5 nitrogen and oxygen atoms in total. The summed E-state index contributed by atoms with van der Waals surface area (Å²) in [7, 11) is 1.82. The molecular formula is C13H20N4O. The van der Waals surface area contributed by atoms with Gasteiger partial charge < -0.3 is 15.5 Å². The van der Waals surface area contributed by atoms with Gasteiger partial charge in [0, 0.05) is 32.0 Å². The Bertz CT molecular complexity index is 402. The highest BCUT2D eigenvalue weighted by Gasteiger charge is 2.12. The molecule has 1 amide bonds. The molecule has 1 aliphatic heterocycles. The molecule has 1 fully saturated rings. The lowest BCUT2D eigenvalue weighted by molar-refractivity contribution is 0.0945. The van der Waals surface area contributed by atoms with Gasteiger partial charge in [0.25, 0.3) is 5.91 Å². The molecule has 0 saturated carbocycles. The van der Waals surface area contributed by atoms with Crippen LogP contribution in [0.5, 0.6) is 0 Å². The number of pyridine rings is 1. The maximum Gasteiger partial charge on any atom is 0.269 e. The summed E-state index contributed by atoms with van der Waals surface area (Å²) >= 11 is 0. The van der Waals surface area contributed by atoms with E-state index in [1.807, 2.05) is 13.1 Å². The Balaban J connectivity index is 1.79. The van der Waals surface area contributed by atoms with Gasteiger partial charge in [0.05, 0.1) is 0 Å². The molecule has 0 radical (unpaired) electrons. The Morgan fingerprint density at radius 1 is 1.44 bits per heavy atom. The second-order valence-corrected chi connectivity index (χ2v) is 4.48. The number of anilines is 1. The van der Waals surface area contributed by atoms with Crippen molar-refractivity contribution < 1.29 is 4.79 Å². The van der Waals surface area contributed by atoms with Gasteiger partial charge in [0.2, 0.25) is 0 Å². The van der Waals surface area contributed by atoms with Crippen LogP contribution in [0.15, 0.2) is 18.3 Å². The average molecular weight is 248 g/mol. The normalized spacial score (nSPS) is 15.6. The van der Waals surface area contributed by atoms with Crippen LogP contribution in [-0.4, -0.2) is 49.0 Å². The molecule has 0 unspecified atom stereocenters. The number of carbonyl (C=O) groups excluding carboxylic acids is 1. The van der Waals surface area contributed by atoms with E-state index in [2.05, 4.69) is 20.5 Å². The predicted molar refractivity (Wildman–Crippen MR) is 71.8 cm³/mol. The molecule has 0 aromatic carbocycles. The van der Waals surface area contributed by atoms with E-state index in [1.54, 1.807) is 12.3 Å². The number of nitrogens with one attached hydrogen (secondary N) is 2. The van der Waals surface area contributed by atoms with Crippen LogP contribution in [-0.2, 0) is 0 Å². The second-order valence-electron chi connectivity index (χ2n) is 4.48. The minimum atomic E-state index is -0.105. The quantitative estimate of drug-likeness (QED) is 0.814. The fourth-order valence-corrected chi connectivity index (χ4v) is 2.13. The molecule has 2 rings (SSSR count). The van der Waals surface area contributed by atoms with Gasteiger partial charge in [-0.25, -0.2) is 0 Å². The monoisotopic (exact) mass is 248 g/mol. The van der Waals surface area contributed by atoms with Crippen LogP contribution in [0.2, 0.25) is 0 Å². The van der Waals surface area contributed by atoms with Gasteiger partial charge in [0.1, 0.15) is 5.69 Å². The second kappa shape index (κ2) is 6.35. The van der Waals surface area contributed by atoms with Crippen LogP contribution in [0.3, 0.4) is 0 Å². The van der Waals surface area contributed by atoms with Gasteiger partial charge in [-0.2, -0.15) is 0 Å². The van der Waals surface area contributed by atoms with Crippen molar-refractivity contribution in [2.24, 2.45) is 0 Å². The minimum absolute atomic E-state index is 0.105. The Morgan fingerprint density at radius 3 is 2.94 bits per heavy atom. The zero-order valence-electron chi connectivity index (χ0n) is 10.8. The van der Waals surface area contributed by atoms with Gasteiger partial charge in [-0.3, -0.25) is 9.78 Å². The number of hydrogen-bond donors (Lipinski definition) is 2. The highest BCUT2D eigenvalue weighted by Crippen LogP contribution is 2.07. The highest BCUT2D eigenvalue weighted by atomic mass is 16.1. The summed E-state index contributed by atoms with van der Waals surface area (Å²) < 4.78 is 0. The molecule has 2 heterocycles. The van der Waals surface area contributed by atoms with Crippen LogP contribution in [0, 0.1) is 0 Å². The molecule has 18 heavy (non-hydrogen) atoms. The molecule has 0 spiro atoms. The summed E-state index contributed by atoms with van der Waals surface area (Å²) in [6.07, 6.45) is 4.20. The lowest BCUT2D eigenvalue weighted by Gasteiger charge is -2.14. The van der Waals surface area contributed by atoms with Crippen molar-refractivity contribution in [3.8, 4) is 0 Å². The summed E-state index contributed by atoms with van der Waals surface area (Å²) in [5, 5.41) is 5.90. The first kappa shape index (κ1) is 12.8. The van der Waals surface area contributed by atoms with Gasteiger partial charge in [-0.05, 0) is 38.1 Å². The Labute approximate surface area is 108 Å². The summed E-state index contributed by atoms with van der Waals surface area (Å²) in [6.45, 7) is 3.93. The largest absolute Gasteiger partial charge is 0.388 e. The third-order valence-electron chi connectivity index (χ3n) is 3.19. The first-order valence-corrected chi connectivity index (χ1v) is 6.44. The standard InChI is InChI=1S/C13H20N4O/c1-14-11-4-5-15-12(10-11)13(18)16-6-9-17-7-2-3-8-17/h4-5,10H,2-3,6-9H2,1H3,(H,14,15)(H,16,18). The maximum absolute atomic E-state index is 11.9. The van der Waals surface area contributed by atoms with E-state index in [1.165, 1.54) is 12.8 Å². The SMILES string of the molecule is CNc1ccnc(C(=O)NCCN2CCCC2)c1. The van der Waals surface area contributed by atoms with E-state index in [4.69, 9.17) is 0 Å². The number of aromatic nitrogens is 1. The molecule has 0 atom stereocenters. The van der Waals surface area contributed by atoms with Crippen molar-refractivity contribution in [1.29, 1.82) is 0 Å². The number of nitrogens with zero attached hydrogens (tertiary/aromatic N) is 2. The van der Waals surface area contributed by atoms with Crippen LogP contribution in [0.4, 0.5) is 5.69 Å². The summed E-state index contributed by atoms with van der Waals surface area (Å²) in [4.78, 5) is 18.3. The third kappa shape index (κ3) is 3.43. The molecule has 98 valence electrons. The molecule has 1 saturated heterocycles. The smallest absolute Gasteiger partial charge is 0.269 e. The first-order chi connectivity index (χ1) is 8.79. The molecular weight excluding hydrogens is 228 g/mol. The molecule has 0 bridgehead atoms. The van der Waals surface area contributed by atoms with Crippen molar-refractivity contribution in [3.63, 3.8) is 0 Å². The predicted octanol–water partition coefficient (Wildman–Crippen LogP) is 0.949. The van der Waals surface area contributed by atoms with Gasteiger partial charge in [-0.1, -0.05) is 0 Å². The zero-order chi connectivity index (χ0) is 12.8. The fraction of sp³-hybridized carbons (Fsp3) is 0.538. The lowest BCUT2D eigenvalue weighted by atomic mass is 10.3. The van der Waals surface area contributed by atoms with E-state index in [9.17, 15) is 4.79 Å². The highest BCUT2D eigenvalue weighted by molar-refractivity contribution is 5.93. The van der Waals surface area contributed by atoms with Gasteiger partial charge >= 0.3 is 0 Å². The molecule has 5 heteroatoms. The van der Waals surface area contributed by atoms with Crippen molar-refractivity contribution in [2.75, 3.05) is 38.5 Å². The van der Waals surface area contributed by atoms with Gasteiger partial charge in [-0.15, -0.1) is 0 Å². The Kier molecular flexibility index (Phi) is 4.52. The number of amides is 1. The number of likely N-dealkylation sites (tertiary alicyclic amines) is 1. The maximum atomic E-state index is 11.9. The molecule has 1 aromatic heterocycles. The molecule has 2 N–H and O–H groups in total. The van der Waals surface area contributed by atoms with E-state index >= 15 is 0 Å². The number of rotatable bonds is 5. The van der Waals surface area contributed by atoms with Crippen molar-refractivity contribution in [2.45, 2.75) is 12.8 Å². The van der Waals surface area contributed by atoms with E-state index in [0.717, 1.165) is 25.3 Å². The third-order valence-corrected chi connectivity index (χ3v) is 3.19. The van der Waals surface area contributed by atoms with Gasteiger partial charge in [0.15, 0.2) is 0 Å². The minimum Gasteiger partial charge on any atom is -0.388 e. The topological polar surface area (TPSA) is 57.3 Å².